The highest BCUT2D eigenvalue weighted by atomic mass is 35.5. The van der Waals surface area contributed by atoms with Crippen LogP contribution in [-0.2, 0) is 6.42 Å². The molecule has 0 fully saturated rings. The molecule has 28 heavy (non-hydrogen) atoms. The first-order valence-electron chi connectivity index (χ1n) is 8.10. The molecule has 3 rings (SSSR count). The predicted molar refractivity (Wildman–Crippen MR) is 100 cm³/mol. The molecule has 10 heteroatoms. The zero-order valence-electron chi connectivity index (χ0n) is 14.5. The summed E-state index contributed by atoms with van der Waals surface area (Å²) < 4.78 is 42.0. The summed E-state index contributed by atoms with van der Waals surface area (Å²) >= 11 is 12.0. The van der Waals surface area contributed by atoms with Gasteiger partial charge in [0.15, 0.2) is 0 Å². The van der Waals surface area contributed by atoms with E-state index in [0.29, 0.717) is 27.4 Å². The van der Waals surface area contributed by atoms with Gasteiger partial charge >= 0.3 is 12.4 Å². The molecule has 0 aromatic heterocycles. The lowest BCUT2D eigenvalue weighted by Gasteiger charge is -2.16. The monoisotopic (exact) mass is 431 g/mol. The van der Waals surface area contributed by atoms with Crippen LogP contribution < -0.4 is 10.1 Å². The molecular formula is C18H14Cl2F3N3O2. The molecule has 0 saturated carbocycles. The topological polar surface area (TPSA) is 53.9 Å². The van der Waals surface area contributed by atoms with Crippen molar-refractivity contribution >= 4 is 34.9 Å². The molecule has 0 saturated heterocycles. The molecule has 0 unspecified atom stereocenters. The fourth-order valence-corrected chi connectivity index (χ4v) is 3.10. The molecule has 1 N–H and O–H groups in total. The van der Waals surface area contributed by atoms with E-state index in [2.05, 4.69) is 15.2 Å². The number of halogens is 5. The van der Waals surface area contributed by atoms with Crippen molar-refractivity contribution < 1.29 is 22.7 Å². The molecule has 0 aliphatic carbocycles. The highest BCUT2D eigenvalue weighted by molar-refractivity contribution is 6.33. The van der Waals surface area contributed by atoms with Gasteiger partial charge in [-0.1, -0.05) is 35.3 Å². The van der Waals surface area contributed by atoms with Gasteiger partial charge in [0.2, 0.25) is 0 Å². The van der Waals surface area contributed by atoms with Crippen molar-refractivity contribution in [3.8, 4) is 5.75 Å². The van der Waals surface area contributed by atoms with E-state index in [1.54, 1.807) is 24.3 Å². The van der Waals surface area contributed by atoms with E-state index in [1.165, 1.54) is 24.2 Å². The fourth-order valence-electron chi connectivity index (χ4n) is 2.77. The number of urea groups is 1. The number of carbonyl (C=O) groups is 1. The van der Waals surface area contributed by atoms with Gasteiger partial charge in [0.1, 0.15) is 5.75 Å². The number of hydrogen-bond acceptors (Lipinski definition) is 3. The number of rotatable bonds is 2. The summed E-state index contributed by atoms with van der Waals surface area (Å²) in [5, 5.41) is 8.39. The summed E-state index contributed by atoms with van der Waals surface area (Å²) in [5.74, 6) is -0.503. The largest absolute Gasteiger partial charge is 0.573 e. The van der Waals surface area contributed by atoms with Crippen molar-refractivity contribution in [2.24, 2.45) is 5.10 Å². The Bertz CT molecular complexity index is 931. The molecule has 2 aromatic rings. The van der Waals surface area contributed by atoms with Gasteiger partial charge in [0.05, 0.1) is 17.3 Å². The van der Waals surface area contributed by atoms with Crippen molar-refractivity contribution in [1.82, 2.24) is 10.3 Å². The van der Waals surface area contributed by atoms with Gasteiger partial charge in [0.25, 0.3) is 0 Å². The number of fused-ring (bicyclic) bond motifs is 1. The minimum absolute atomic E-state index is 0.164. The fraction of sp³-hybridized carbons (Fsp3) is 0.222. The van der Waals surface area contributed by atoms with Crippen LogP contribution in [0.25, 0.3) is 0 Å². The van der Waals surface area contributed by atoms with Crippen LogP contribution in [0, 0.1) is 0 Å². The van der Waals surface area contributed by atoms with Gasteiger partial charge in [-0.2, -0.15) is 5.10 Å². The number of hydrogen-bond donors (Lipinski definition) is 1. The maximum absolute atomic E-state index is 12.6. The average molecular weight is 432 g/mol. The van der Waals surface area contributed by atoms with Crippen LogP contribution in [0.3, 0.4) is 0 Å². The molecule has 0 spiro atoms. The first kappa shape index (κ1) is 20.3. The summed E-state index contributed by atoms with van der Waals surface area (Å²) in [6, 6.07) is 8.84. The van der Waals surface area contributed by atoms with E-state index >= 15 is 0 Å². The second-order valence-electron chi connectivity index (χ2n) is 5.87. The van der Waals surface area contributed by atoms with E-state index in [9.17, 15) is 18.0 Å². The van der Waals surface area contributed by atoms with Crippen LogP contribution >= 0.6 is 23.2 Å². The Morgan fingerprint density at radius 1 is 1.21 bits per heavy atom. The van der Waals surface area contributed by atoms with Gasteiger partial charge in [-0.25, -0.2) is 9.80 Å². The van der Waals surface area contributed by atoms with E-state index in [-0.39, 0.29) is 18.0 Å². The normalized spacial score (nSPS) is 14.1. The van der Waals surface area contributed by atoms with E-state index in [1.807, 2.05) is 0 Å². The lowest BCUT2D eigenvalue weighted by Crippen LogP contribution is -2.35. The molecule has 1 heterocycles. The Kier molecular flexibility index (Phi) is 5.71. The maximum atomic E-state index is 12.6. The Morgan fingerprint density at radius 3 is 2.50 bits per heavy atom. The molecule has 0 atom stereocenters. The molecule has 1 aliphatic heterocycles. The quantitative estimate of drug-likeness (QED) is 0.739. The zero-order chi connectivity index (χ0) is 20.5. The highest BCUT2D eigenvalue weighted by Gasteiger charge is 2.33. The zero-order valence-corrected chi connectivity index (χ0v) is 16.0. The van der Waals surface area contributed by atoms with Crippen LogP contribution in [0.5, 0.6) is 5.75 Å². The third-order valence-electron chi connectivity index (χ3n) is 4.02. The first-order valence-corrected chi connectivity index (χ1v) is 8.86. The van der Waals surface area contributed by atoms with Crippen LogP contribution in [0.1, 0.15) is 16.7 Å². The standard InChI is InChI=1S/C18H14Cl2F3N3O2/c1-24-17(27)26-7-6-11-8-15(28-18(21,22)23)14(20)9-13(11)16(25-26)10-2-4-12(19)5-3-10/h2-5,8-9H,6-7H2,1H3,(H,24,27). The van der Waals surface area contributed by atoms with Crippen LogP contribution in [0.2, 0.25) is 10.0 Å². The molecule has 0 radical (unpaired) electrons. The Hall–Kier alpha value is -2.45. The van der Waals surface area contributed by atoms with E-state index in [4.69, 9.17) is 23.2 Å². The van der Waals surface area contributed by atoms with Gasteiger partial charge in [-0.05, 0) is 36.2 Å². The number of carbonyl (C=O) groups excluding carboxylic acids is 1. The summed E-state index contributed by atoms with van der Waals surface area (Å²) in [5.41, 5.74) is 2.03. The number of hydrazone groups is 1. The van der Waals surface area contributed by atoms with Crippen LogP contribution in [0.4, 0.5) is 18.0 Å². The summed E-state index contributed by atoms with van der Waals surface area (Å²) in [6.45, 7) is 0.164. The van der Waals surface area contributed by atoms with Gasteiger partial charge < -0.3 is 10.1 Å². The van der Waals surface area contributed by atoms with E-state index in [0.717, 1.165) is 0 Å². The molecule has 148 valence electrons. The molecule has 2 aromatic carbocycles. The maximum Gasteiger partial charge on any atom is 0.573 e. The van der Waals surface area contributed by atoms with Crippen molar-refractivity contribution in [2.45, 2.75) is 12.8 Å². The second-order valence-corrected chi connectivity index (χ2v) is 6.72. The number of alkyl halides is 3. The van der Waals surface area contributed by atoms with Crippen molar-refractivity contribution in [1.29, 1.82) is 0 Å². The highest BCUT2D eigenvalue weighted by Crippen LogP contribution is 2.35. The smallest absolute Gasteiger partial charge is 0.404 e. The SMILES string of the molecule is CNC(=O)N1CCc2cc(OC(F)(F)F)c(Cl)cc2C(c2ccc(Cl)cc2)=N1. The van der Waals surface area contributed by atoms with Gasteiger partial charge in [-0.3, -0.25) is 0 Å². The molecular weight excluding hydrogens is 418 g/mol. The molecule has 5 nitrogen and oxygen atoms in total. The lowest BCUT2D eigenvalue weighted by atomic mass is 9.96. The Labute approximate surface area is 168 Å². The third kappa shape index (κ3) is 4.51. The number of amides is 2. The summed E-state index contributed by atoms with van der Waals surface area (Å²) in [6.07, 6.45) is -4.61. The minimum Gasteiger partial charge on any atom is -0.404 e. The van der Waals surface area contributed by atoms with Crippen LogP contribution in [0.15, 0.2) is 41.5 Å². The van der Waals surface area contributed by atoms with Crippen LogP contribution in [-0.4, -0.2) is 36.7 Å². The molecule has 1 aliphatic rings. The number of ether oxygens (including phenoxy) is 1. The lowest BCUT2D eigenvalue weighted by molar-refractivity contribution is -0.274. The summed E-state index contributed by atoms with van der Waals surface area (Å²) in [4.78, 5) is 12.1. The van der Waals surface area contributed by atoms with Gasteiger partial charge in [0, 0.05) is 23.2 Å². The average Bonchev–Trinajstić information content (AvgIpc) is 2.81. The summed E-state index contributed by atoms with van der Waals surface area (Å²) in [7, 11) is 1.46. The Balaban J connectivity index is 2.13. The molecule has 0 bridgehead atoms. The first-order chi connectivity index (χ1) is 13.2. The Morgan fingerprint density at radius 2 is 1.89 bits per heavy atom. The van der Waals surface area contributed by atoms with E-state index < -0.39 is 18.1 Å². The van der Waals surface area contributed by atoms with Crippen molar-refractivity contribution in [3.63, 3.8) is 0 Å². The minimum atomic E-state index is -4.87. The number of nitrogens with zero attached hydrogens (tertiary/aromatic N) is 2. The van der Waals surface area contributed by atoms with Crippen molar-refractivity contribution in [2.75, 3.05) is 13.6 Å². The predicted octanol–water partition coefficient (Wildman–Crippen LogP) is 4.84. The van der Waals surface area contributed by atoms with Gasteiger partial charge in [-0.15, -0.1) is 13.2 Å². The van der Waals surface area contributed by atoms with Crippen molar-refractivity contribution in [3.05, 3.63) is 63.1 Å². The second kappa shape index (κ2) is 7.89. The third-order valence-corrected chi connectivity index (χ3v) is 4.57. The number of nitrogens with one attached hydrogen (secondary N) is 1. The number of benzene rings is 2. The molecule has 2 amide bonds.